The fraction of sp³-hybridized carbons (Fsp3) is 0.500. The first-order chi connectivity index (χ1) is 6.74. The van der Waals surface area contributed by atoms with Crippen LogP contribution in [-0.2, 0) is 0 Å². The van der Waals surface area contributed by atoms with Crippen LogP contribution in [0.3, 0.4) is 0 Å². The molecule has 0 spiro atoms. The maximum Gasteiger partial charge on any atom is 0.119 e. The van der Waals surface area contributed by atoms with Gasteiger partial charge in [-0.1, -0.05) is 25.5 Å². The molecule has 2 heteroatoms. The molecule has 0 saturated carbocycles. The molecule has 0 aromatic heterocycles. The zero-order valence-corrected chi connectivity index (χ0v) is 9.55. The Kier molecular flexibility index (Phi) is 4.81. The second-order valence-corrected chi connectivity index (χ2v) is 4.04. The molecule has 1 nitrogen and oxygen atoms in total. The van der Waals surface area contributed by atoms with Crippen LogP contribution in [0.25, 0.3) is 0 Å². The van der Waals surface area contributed by atoms with Crippen LogP contribution in [0.15, 0.2) is 24.3 Å². The Morgan fingerprint density at radius 1 is 1.29 bits per heavy atom. The summed E-state index contributed by atoms with van der Waals surface area (Å²) in [6, 6.07) is 7.98. The Bertz CT molecular complexity index is 254. The lowest BCUT2D eigenvalue weighted by molar-refractivity contribution is 0.309. The molecule has 1 rings (SSSR count). The molecule has 0 heterocycles. The van der Waals surface area contributed by atoms with Gasteiger partial charge in [-0.25, -0.2) is 0 Å². The normalized spacial score (nSPS) is 12.5. The van der Waals surface area contributed by atoms with Crippen LogP contribution in [0.2, 0.25) is 0 Å². The SMILES string of the molecule is CCCCOc1ccc(C(C)Cl)cc1. The molecule has 1 aromatic rings. The molecule has 0 saturated heterocycles. The molecule has 0 aliphatic carbocycles. The highest BCUT2D eigenvalue weighted by Crippen LogP contribution is 2.21. The zero-order chi connectivity index (χ0) is 10.4. The number of rotatable bonds is 5. The molecule has 0 aliphatic rings. The van der Waals surface area contributed by atoms with Gasteiger partial charge in [0.15, 0.2) is 0 Å². The van der Waals surface area contributed by atoms with Crippen LogP contribution in [0.4, 0.5) is 0 Å². The van der Waals surface area contributed by atoms with Crippen LogP contribution in [0, 0.1) is 0 Å². The summed E-state index contributed by atoms with van der Waals surface area (Å²) in [6.45, 7) is 4.92. The Labute approximate surface area is 91.0 Å². The lowest BCUT2D eigenvalue weighted by Gasteiger charge is -2.07. The van der Waals surface area contributed by atoms with E-state index in [-0.39, 0.29) is 5.38 Å². The molecular formula is C12H17ClO. The van der Waals surface area contributed by atoms with Gasteiger partial charge in [-0.15, -0.1) is 11.6 Å². The average Bonchev–Trinajstić information content (AvgIpc) is 2.19. The van der Waals surface area contributed by atoms with Crippen LogP contribution >= 0.6 is 11.6 Å². The third-order valence-electron chi connectivity index (χ3n) is 2.11. The van der Waals surface area contributed by atoms with Gasteiger partial charge in [-0.05, 0) is 31.0 Å². The van der Waals surface area contributed by atoms with E-state index in [0.717, 1.165) is 30.8 Å². The summed E-state index contributed by atoms with van der Waals surface area (Å²) < 4.78 is 5.54. The van der Waals surface area contributed by atoms with Gasteiger partial charge in [-0.2, -0.15) is 0 Å². The number of unbranched alkanes of at least 4 members (excludes halogenated alkanes) is 1. The molecule has 78 valence electrons. The quantitative estimate of drug-likeness (QED) is 0.526. The van der Waals surface area contributed by atoms with Gasteiger partial charge in [-0.3, -0.25) is 0 Å². The van der Waals surface area contributed by atoms with Crippen molar-refractivity contribution in [3.63, 3.8) is 0 Å². The topological polar surface area (TPSA) is 9.23 Å². The van der Waals surface area contributed by atoms with Crippen molar-refractivity contribution in [2.45, 2.75) is 32.1 Å². The van der Waals surface area contributed by atoms with Crippen molar-refractivity contribution in [1.29, 1.82) is 0 Å². The number of hydrogen-bond donors (Lipinski definition) is 0. The van der Waals surface area contributed by atoms with Crippen LogP contribution in [-0.4, -0.2) is 6.61 Å². The molecule has 0 amide bonds. The smallest absolute Gasteiger partial charge is 0.119 e. The van der Waals surface area contributed by atoms with Gasteiger partial charge in [0.05, 0.1) is 12.0 Å². The van der Waals surface area contributed by atoms with Gasteiger partial charge in [0.25, 0.3) is 0 Å². The third-order valence-corrected chi connectivity index (χ3v) is 2.36. The summed E-state index contributed by atoms with van der Waals surface area (Å²) in [5.74, 6) is 0.930. The van der Waals surface area contributed by atoms with Crippen LogP contribution < -0.4 is 4.74 Å². The lowest BCUT2D eigenvalue weighted by Crippen LogP contribution is -1.96. The molecule has 0 radical (unpaired) electrons. The summed E-state index contributed by atoms with van der Waals surface area (Å²) in [5.41, 5.74) is 1.13. The minimum absolute atomic E-state index is 0.0692. The summed E-state index contributed by atoms with van der Waals surface area (Å²) >= 11 is 5.94. The van der Waals surface area contributed by atoms with Crippen molar-refractivity contribution in [1.82, 2.24) is 0 Å². The van der Waals surface area contributed by atoms with E-state index >= 15 is 0 Å². The van der Waals surface area contributed by atoms with Crippen molar-refractivity contribution < 1.29 is 4.74 Å². The highest BCUT2D eigenvalue weighted by atomic mass is 35.5. The number of hydrogen-bond acceptors (Lipinski definition) is 1. The molecule has 0 N–H and O–H groups in total. The van der Waals surface area contributed by atoms with E-state index in [1.165, 1.54) is 0 Å². The van der Waals surface area contributed by atoms with E-state index in [4.69, 9.17) is 16.3 Å². The predicted octanol–water partition coefficient (Wildman–Crippen LogP) is 4.17. The monoisotopic (exact) mass is 212 g/mol. The molecular weight excluding hydrogens is 196 g/mol. The van der Waals surface area contributed by atoms with E-state index in [9.17, 15) is 0 Å². The number of alkyl halides is 1. The van der Waals surface area contributed by atoms with Crippen molar-refractivity contribution in [2.24, 2.45) is 0 Å². The first-order valence-electron chi connectivity index (χ1n) is 5.11. The van der Waals surface area contributed by atoms with E-state index in [1.807, 2.05) is 31.2 Å². The summed E-state index contributed by atoms with van der Waals surface area (Å²) in [6.07, 6.45) is 2.27. The fourth-order valence-electron chi connectivity index (χ4n) is 1.16. The molecule has 0 fully saturated rings. The first kappa shape index (κ1) is 11.4. The minimum atomic E-state index is 0.0692. The van der Waals surface area contributed by atoms with E-state index in [1.54, 1.807) is 0 Å². The second kappa shape index (κ2) is 5.92. The molecule has 1 aromatic carbocycles. The van der Waals surface area contributed by atoms with E-state index in [2.05, 4.69) is 6.92 Å². The van der Waals surface area contributed by atoms with Crippen LogP contribution in [0.1, 0.15) is 37.6 Å². The average molecular weight is 213 g/mol. The summed E-state index contributed by atoms with van der Waals surface area (Å²) in [7, 11) is 0. The molecule has 1 unspecified atom stereocenters. The molecule has 0 aliphatic heterocycles. The van der Waals surface area contributed by atoms with Gasteiger partial charge in [0, 0.05) is 0 Å². The van der Waals surface area contributed by atoms with Gasteiger partial charge in [0.2, 0.25) is 0 Å². The third kappa shape index (κ3) is 3.59. The summed E-state index contributed by atoms with van der Waals surface area (Å²) in [5, 5.41) is 0.0692. The van der Waals surface area contributed by atoms with Crippen molar-refractivity contribution >= 4 is 11.6 Å². The molecule has 14 heavy (non-hydrogen) atoms. The number of benzene rings is 1. The Balaban J connectivity index is 2.47. The van der Waals surface area contributed by atoms with Gasteiger partial charge < -0.3 is 4.74 Å². The van der Waals surface area contributed by atoms with Crippen molar-refractivity contribution in [2.75, 3.05) is 6.61 Å². The highest BCUT2D eigenvalue weighted by molar-refractivity contribution is 6.20. The largest absolute Gasteiger partial charge is 0.494 e. The fourth-order valence-corrected chi connectivity index (χ4v) is 1.31. The Hall–Kier alpha value is -0.690. The Morgan fingerprint density at radius 3 is 2.43 bits per heavy atom. The molecule has 1 atom stereocenters. The zero-order valence-electron chi connectivity index (χ0n) is 8.79. The first-order valence-corrected chi connectivity index (χ1v) is 5.54. The van der Waals surface area contributed by atoms with Gasteiger partial charge >= 0.3 is 0 Å². The van der Waals surface area contributed by atoms with Crippen molar-refractivity contribution in [3.05, 3.63) is 29.8 Å². The number of ether oxygens (including phenoxy) is 1. The Morgan fingerprint density at radius 2 is 1.93 bits per heavy atom. The van der Waals surface area contributed by atoms with Crippen LogP contribution in [0.5, 0.6) is 5.75 Å². The van der Waals surface area contributed by atoms with E-state index in [0.29, 0.717) is 0 Å². The minimum Gasteiger partial charge on any atom is -0.494 e. The number of halogens is 1. The van der Waals surface area contributed by atoms with Gasteiger partial charge in [0.1, 0.15) is 5.75 Å². The van der Waals surface area contributed by atoms with E-state index < -0.39 is 0 Å². The highest BCUT2D eigenvalue weighted by Gasteiger charge is 2.00. The second-order valence-electron chi connectivity index (χ2n) is 3.39. The molecule has 0 bridgehead atoms. The predicted molar refractivity (Wildman–Crippen MR) is 61.1 cm³/mol. The maximum atomic E-state index is 5.94. The summed E-state index contributed by atoms with van der Waals surface area (Å²) in [4.78, 5) is 0. The van der Waals surface area contributed by atoms with Crippen molar-refractivity contribution in [3.8, 4) is 5.75 Å². The maximum absolute atomic E-state index is 5.94. The lowest BCUT2D eigenvalue weighted by atomic mass is 10.2. The standard InChI is InChI=1S/C12H17ClO/c1-3-4-9-14-12-7-5-11(6-8-12)10(2)13/h5-8,10H,3-4,9H2,1-2H3.